The number of aryl methyl sites for hydroxylation is 1. The van der Waals surface area contributed by atoms with Crippen molar-refractivity contribution in [1.29, 1.82) is 0 Å². The lowest BCUT2D eigenvalue weighted by Crippen LogP contribution is -2.41. The van der Waals surface area contributed by atoms with Gasteiger partial charge in [-0.1, -0.05) is 11.6 Å². The largest absolute Gasteiger partial charge is 0.342 e. The van der Waals surface area contributed by atoms with E-state index in [9.17, 15) is 4.79 Å². The second-order valence-corrected chi connectivity index (χ2v) is 7.53. The second kappa shape index (κ2) is 8.23. The van der Waals surface area contributed by atoms with E-state index < -0.39 is 0 Å². The number of amides is 1. The van der Waals surface area contributed by atoms with Crippen LogP contribution < -0.4 is 5.32 Å². The minimum absolute atomic E-state index is 0.203. The average Bonchev–Trinajstić information content (AvgIpc) is 2.91. The van der Waals surface area contributed by atoms with Crippen LogP contribution in [0.3, 0.4) is 0 Å². The number of rotatable bonds is 5. The summed E-state index contributed by atoms with van der Waals surface area (Å²) in [6.45, 7) is 6.74. The van der Waals surface area contributed by atoms with Crippen molar-refractivity contribution in [2.75, 3.05) is 26.7 Å². The molecule has 5 nitrogen and oxygen atoms in total. The van der Waals surface area contributed by atoms with Gasteiger partial charge in [0.15, 0.2) is 0 Å². The van der Waals surface area contributed by atoms with Crippen molar-refractivity contribution in [3.8, 4) is 5.69 Å². The normalized spacial score (nSPS) is 15.5. The molecule has 0 radical (unpaired) electrons. The van der Waals surface area contributed by atoms with E-state index in [0.717, 1.165) is 55.1 Å². The highest BCUT2D eigenvalue weighted by atomic mass is 35.5. The fraction of sp³-hybridized carbons (Fsp3) is 0.500. The van der Waals surface area contributed by atoms with Gasteiger partial charge >= 0.3 is 0 Å². The Balaban J connectivity index is 1.70. The zero-order valence-electron chi connectivity index (χ0n) is 15.8. The smallest absolute Gasteiger partial charge is 0.227 e. The molecule has 1 aromatic heterocycles. The molecule has 1 N–H and O–H groups in total. The molecule has 1 aliphatic rings. The predicted octanol–water partition coefficient (Wildman–Crippen LogP) is 3.14. The molecule has 0 atom stereocenters. The van der Waals surface area contributed by atoms with Gasteiger partial charge in [-0.05, 0) is 70.5 Å². The lowest BCUT2D eigenvalue weighted by atomic mass is 9.96. The average molecular weight is 375 g/mol. The Morgan fingerprint density at radius 1 is 1.23 bits per heavy atom. The van der Waals surface area contributed by atoms with Crippen LogP contribution in [-0.4, -0.2) is 47.3 Å². The Bertz CT molecular complexity index is 761. The Morgan fingerprint density at radius 2 is 1.88 bits per heavy atom. The Hall–Kier alpha value is -1.85. The molecule has 1 fully saturated rings. The summed E-state index contributed by atoms with van der Waals surface area (Å²) in [6.07, 6.45) is 2.57. The van der Waals surface area contributed by atoms with Crippen LogP contribution in [0, 0.1) is 19.8 Å². The van der Waals surface area contributed by atoms with Gasteiger partial charge in [-0.15, -0.1) is 0 Å². The van der Waals surface area contributed by atoms with Crippen LogP contribution in [0.25, 0.3) is 5.69 Å². The van der Waals surface area contributed by atoms with Crippen LogP contribution in [-0.2, 0) is 11.2 Å². The summed E-state index contributed by atoms with van der Waals surface area (Å²) in [4.78, 5) is 14.8. The van der Waals surface area contributed by atoms with Crippen LogP contribution in [0.4, 0.5) is 0 Å². The number of aromatic nitrogens is 2. The van der Waals surface area contributed by atoms with Crippen LogP contribution in [0.2, 0.25) is 5.02 Å². The summed E-state index contributed by atoms with van der Waals surface area (Å²) in [5.41, 5.74) is 3.92. The molecule has 1 amide bonds. The van der Waals surface area contributed by atoms with Gasteiger partial charge in [0.05, 0.1) is 17.8 Å². The van der Waals surface area contributed by atoms with E-state index in [4.69, 9.17) is 11.6 Å². The molecule has 0 bridgehead atoms. The lowest BCUT2D eigenvalue weighted by Gasteiger charge is -2.32. The van der Waals surface area contributed by atoms with Crippen LogP contribution in [0.5, 0.6) is 0 Å². The van der Waals surface area contributed by atoms with E-state index in [0.29, 0.717) is 17.4 Å². The SMILES string of the molecule is CNCC1CCN(C(=O)Cc2c(C)nn(-c3ccc(Cl)cc3)c2C)CC1. The van der Waals surface area contributed by atoms with Crippen molar-refractivity contribution in [3.05, 3.63) is 46.2 Å². The maximum Gasteiger partial charge on any atom is 0.227 e. The highest BCUT2D eigenvalue weighted by molar-refractivity contribution is 6.30. The molecule has 3 rings (SSSR count). The standard InChI is InChI=1S/C20H27ClN4O/c1-14-19(12-20(26)24-10-8-16(9-11-24)13-22-3)15(2)25(23-14)18-6-4-17(21)5-7-18/h4-7,16,22H,8-13H2,1-3H3. The van der Waals surface area contributed by atoms with E-state index >= 15 is 0 Å². The fourth-order valence-corrected chi connectivity index (χ4v) is 3.83. The molecule has 0 saturated carbocycles. The highest BCUT2D eigenvalue weighted by Gasteiger charge is 2.24. The van der Waals surface area contributed by atoms with E-state index in [-0.39, 0.29) is 5.91 Å². The maximum atomic E-state index is 12.8. The van der Waals surface area contributed by atoms with Gasteiger partial charge in [-0.2, -0.15) is 5.10 Å². The number of nitrogens with one attached hydrogen (secondary N) is 1. The topological polar surface area (TPSA) is 50.2 Å². The molecule has 1 aliphatic heterocycles. The maximum absolute atomic E-state index is 12.8. The summed E-state index contributed by atoms with van der Waals surface area (Å²) in [6, 6.07) is 7.60. The van der Waals surface area contributed by atoms with Crippen LogP contribution >= 0.6 is 11.6 Å². The summed E-state index contributed by atoms with van der Waals surface area (Å²) in [5.74, 6) is 0.884. The van der Waals surface area contributed by atoms with Crippen molar-refractivity contribution in [2.24, 2.45) is 5.92 Å². The van der Waals surface area contributed by atoms with Gasteiger partial charge < -0.3 is 10.2 Å². The van der Waals surface area contributed by atoms with Gasteiger partial charge in [0.2, 0.25) is 5.91 Å². The van der Waals surface area contributed by atoms with Crippen molar-refractivity contribution < 1.29 is 4.79 Å². The highest BCUT2D eigenvalue weighted by Crippen LogP contribution is 2.22. The van der Waals surface area contributed by atoms with Gasteiger partial charge in [-0.3, -0.25) is 4.79 Å². The van der Waals surface area contributed by atoms with Crippen molar-refractivity contribution in [1.82, 2.24) is 20.0 Å². The number of benzene rings is 1. The Morgan fingerprint density at radius 3 is 2.50 bits per heavy atom. The molecule has 6 heteroatoms. The summed E-state index contributed by atoms with van der Waals surface area (Å²) >= 11 is 5.98. The first-order valence-electron chi connectivity index (χ1n) is 9.23. The summed E-state index contributed by atoms with van der Waals surface area (Å²) in [7, 11) is 1.99. The number of carbonyl (C=O) groups excluding carboxylic acids is 1. The quantitative estimate of drug-likeness (QED) is 0.874. The van der Waals surface area contributed by atoms with Crippen molar-refractivity contribution in [2.45, 2.75) is 33.1 Å². The van der Waals surface area contributed by atoms with Gasteiger partial charge in [-0.25, -0.2) is 4.68 Å². The van der Waals surface area contributed by atoms with E-state index in [1.165, 1.54) is 0 Å². The van der Waals surface area contributed by atoms with Crippen LogP contribution in [0.1, 0.15) is 29.8 Å². The molecule has 0 aliphatic carbocycles. The molecule has 2 aromatic rings. The minimum Gasteiger partial charge on any atom is -0.342 e. The minimum atomic E-state index is 0.203. The van der Waals surface area contributed by atoms with E-state index in [1.807, 2.05) is 54.7 Å². The van der Waals surface area contributed by atoms with E-state index in [1.54, 1.807) is 0 Å². The van der Waals surface area contributed by atoms with E-state index in [2.05, 4.69) is 10.4 Å². The van der Waals surface area contributed by atoms with Gasteiger partial charge in [0.1, 0.15) is 0 Å². The molecule has 1 aromatic carbocycles. The zero-order chi connectivity index (χ0) is 18.7. The summed E-state index contributed by atoms with van der Waals surface area (Å²) in [5, 5.41) is 8.58. The Kier molecular flexibility index (Phi) is 5.99. The molecule has 140 valence electrons. The summed E-state index contributed by atoms with van der Waals surface area (Å²) < 4.78 is 1.90. The first-order valence-corrected chi connectivity index (χ1v) is 9.60. The first-order chi connectivity index (χ1) is 12.5. The molecule has 2 heterocycles. The fourth-order valence-electron chi connectivity index (χ4n) is 3.70. The third kappa shape index (κ3) is 4.10. The number of hydrogen-bond donors (Lipinski definition) is 1. The first kappa shape index (κ1) is 18.9. The molecule has 1 saturated heterocycles. The van der Waals surface area contributed by atoms with Crippen molar-refractivity contribution >= 4 is 17.5 Å². The third-order valence-corrected chi connectivity index (χ3v) is 5.55. The second-order valence-electron chi connectivity index (χ2n) is 7.10. The molecular formula is C20H27ClN4O. The van der Waals surface area contributed by atoms with Gasteiger partial charge in [0.25, 0.3) is 0 Å². The number of halogens is 1. The number of nitrogens with zero attached hydrogens (tertiary/aromatic N) is 3. The molecular weight excluding hydrogens is 348 g/mol. The number of likely N-dealkylation sites (tertiary alicyclic amines) is 1. The van der Waals surface area contributed by atoms with Crippen LogP contribution in [0.15, 0.2) is 24.3 Å². The Labute approximate surface area is 160 Å². The number of carbonyl (C=O) groups is 1. The van der Waals surface area contributed by atoms with Crippen molar-refractivity contribution in [3.63, 3.8) is 0 Å². The zero-order valence-corrected chi connectivity index (χ0v) is 16.5. The third-order valence-electron chi connectivity index (χ3n) is 5.30. The molecule has 0 unspecified atom stereocenters. The number of piperidine rings is 1. The number of hydrogen-bond acceptors (Lipinski definition) is 3. The predicted molar refractivity (Wildman–Crippen MR) is 105 cm³/mol. The molecule has 26 heavy (non-hydrogen) atoms. The van der Waals surface area contributed by atoms with Gasteiger partial charge in [0, 0.05) is 29.4 Å². The molecule has 0 spiro atoms. The monoisotopic (exact) mass is 374 g/mol. The lowest BCUT2D eigenvalue weighted by molar-refractivity contribution is -0.131.